The molecule has 1 N–H and O–H groups in total. The lowest BCUT2D eigenvalue weighted by Gasteiger charge is -2.42. The highest BCUT2D eigenvalue weighted by Crippen LogP contribution is 2.38. The summed E-state index contributed by atoms with van der Waals surface area (Å²) in [4.78, 5) is 2.78. The Balaban J connectivity index is 1.82. The van der Waals surface area contributed by atoms with Gasteiger partial charge < -0.3 is 5.32 Å². The third kappa shape index (κ3) is 2.56. The van der Waals surface area contributed by atoms with E-state index in [1.54, 1.807) is 0 Å². The van der Waals surface area contributed by atoms with Gasteiger partial charge >= 0.3 is 0 Å². The molecule has 2 fully saturated rings. The second kappa shape index (κ2) is 5.64. The molecular formula is C17H26N2. The first-order valence-corrected chi connectivity index (χ1v) is 7.79. The molecule has 1 saturated carbocycles. The van der Waals surface area contributed by atoms with Crippen LogP contribution in [0.25, 0.3) is 0 Å². The van der Waals surface area contributed by atoms with Crippen molar-refractivity contribution < 1.29 is 0 Å². The van der Waals surface area contributed by atoms with Gasteiger partial charge in [-0.1, -0.05) is 44.2 Å². The third-order valence-electron chi connectivity index (χ3n) is 5.32. The molecule has 2 nitrogen and oxygen atoms in total. The predicted molar refractivity (Wildman–Crippen MR) is 80.1 cm³/mol. The van der Waals surface area contributed by atoms with Crippen molar-refractivity contribution in [1.29, 1.82) is 0 Å². The molecule has 1 heterocycles. The fraction of sp³-hybridized carbons (Fsp3) is 0.647. The van der Waals surface area contributed by atoms with E-state index >= 15 is 0 Å². The van der Waals surface area contributed by atoms with Crippen LogP contribution in [0.5, 0.6) is 0 Å². The van der Waals surface area contributed by atoms with Crippen molar-refractivity contribution in [1.82, 2.24) is 10.2 Å². The van der Waals surface area contributed by atoms with E-state index in [0.717, 1.165) is 31.0 Å². The number of piperazine rings is 1. The van der Waals surface area contributed by atoms with Crippen LogP contribution in [-0.2, 0) is 0 Å². The Hall–Kier alpha value is -0.860. The van der Waals surface area contributed by atoms with Crippen molar-refractivity contribution in [3.8, 4) is 0 Å². The average Bonchev–Trinajstić information content (AvgIpc) is 2.80. The summed E-state index contributed by atoms with van der Waals surface area (Å²) in [6.07, 6.45) is 2.78. The molecular weight excluding hydrogens is 232 g/mol. The number of hydrogen-bond acceptors (Lipinski definition) is 2. The van der Waals surface area contributed by atoms with E-state index < -0.39 is 0 Å². The fourth-order valence-corrected chi connectivity index (χ4v) is 3.91. The maximum absolute atomic E-state index is 3.57. The van der Waals surface area contributed by atoms with Gasteiger partial charge in [-0.15, -0.1) is 0 Å². The highest BCUT2D eigenvalue weighted by molar-refractivity contribution is 5.20. The first-order valence-electron chi connectivity index (χ1n) is 7.79. The van der Waals surface area contributed by atoms with Crippen molar-refractivity contribution in [3.63, 3.8) is 0 Å². The van der Waals surface area contributed by atoms with E-state index in [1.807, 2.05) is 0 Å². The van der Waals surface area contributed by atoms with Crippen LogP contribution >= 0.6 is 0 Å². The average molecular weight is 258 g/mol. The van der Waals surface area contributed by atoms with Crippen molar-refractivity contribution in [2.75, 3.05) is 19.6 Å². The molecule has 1 aromatic carbocycles. The molecule has 0 spiro atoms. The normalized spacial score (nSPS) is 36.5. The maximum atomic E-state index is 3.57. The van der Waals surface area contributed by atoms with E-state index in [2.05, 4.69) is 54.4 Å². The van der Waals surface area contributed by atoms with E-state index in [4.69, 9.17) is 0 Å². The van der Waals surface area contributed by atoms with Gasteiger partial charge in [0, 0.05) is 31.7 Å². The SMILES string of the molecule is CC1CCC(N2CCNCC2c2ccccc2)C1C. The summed E-state index contributed by atoms with van der Waals surface area (Å²) in [5, 5.41) is 3.57. The summed E-state index contributed by atoms with van der Waals surface area (Å²) >= 11 is 0. The van der Waals surface area contributed by atoms with Gasteiger partial charge in [0.05, 0.1) is 0 Å². The number of nitrogens with zero attached hydrogens (tertiary/aromatic N) is 1. The molecule has 0 aromatic heterocycles. The van der Waals surface area contributed by atoms with Crippen LogP contribution in [0.15, 0.2) is 30.3 Å². The number of rotatable bonds is 2. The van der Waals surface area contributed by atoms with Crippen LogP contribution in [0.2, 0.25) is 0 Å². The van der Waals surface area contributed by atoms with Crippen molar-refractivity contribution in [2.24, 2.45) is 11.8 Å². The second-order valence-corrected chi connectivity index (χ2v) is 6.35. The number of nitrogens with one attached hydrogen (secondary N) is 1. The highest BCUT2D eigenvalue weighted by atomic mass is 15.2. The van der Waals surface area contributed by atoms with Gasteiger partial charge in [0.15, 0.2) is 0 Å². The van der Waals surface area contributed by atoms with Gasteiger partial charge in [0.2, 0.25) is 0 Å². The Morgan fingerprint density at radius 2 is 1.89 bits per heavy atom. The molecule has 19 heavy (non-hydrogen) atoms. The van der Waals surface area contributed by atoms with Gasteiger partial charge in [-0.05, 0) is 30.2 Å². The van der Waals surface area contributed by atoms with E-state index in [9.17, 15) is 0 Å². The summed E-state index contributed by atoms with van der Waals surface area (Å²) in [6, 6.07) is 12.4. The van der Waals surface area contributed by atoms with Crippen molar-refractivity contribution >= 4 is 0 Å². The molecule has 1 saturated heterocycles. The van der Waals surface area contributed by atoms with Gasteiger partial charge in [-0.2, -0.15) is 0 Å². The summed E-state index contributed by atoms with van der Waals surface area (Å²) in [5.74, 6) is 1.72. The monoisotopic (exact) mass is 258 g/mol. The Labute approximate surface area is 117 Å². The van der Waals surface area contributed by atoms with Gasteiger partial charge in [0.1, 0.15) is 0 Å². The fourth-order valence-electron chi connectivity index (χ4n) is 3.91. The molecule has 0 bridgehead atoms. The first-order chi connectivity index (χ1) is 9.27. The predicted octanol–water partition coefficient (Wildman–Crippen LogP) is 3.07. The van der Waals surface area contributed by atoms with E-state index in [-0.39, 0.29) is 0 Å². The zero-order valence-corrected chi connectivity index (χ0v) is 12.2. The summed E-state index contributed by atoms with van der Waals surface area (Å²) < 4.78 is 0. The van der Waals surface area contributed by atoms with Crippen molar-refractivity contribution in [2.45, 2.75) is 38.8 Å². The zero-order chi connectivity index (χ0) is 13.2. The largest absolute Gasteiger partial charge is 0.314 e. The maximum Gasteiger partial charge on any atom is 0.0476 e. The lowest BCUT2D eigenvalue weighted by atomic mass is 9.93. The van der Waals surface area contributed by atoms with Crippen LogP contribution in [0, 0.1) is 11.8 Å². The lowest BCUT2D eigenvalue weighted by molar-refractivity contribution is 0.0814. The third-order valence-corrected chi connectivity index (χ3v) is 5.32. The van der Waals surface area contributed by atoms with Gasteiger partial charge in [0.25, 0.3) is 0 Å². The molecule has 1 aliphatic carbocycles. The molecule has 0 radical (unpaired) electrons. The first kappa shape index (κ1) is 13.1. The lowest BCUT2D eigenvalue weighted by Crippen LogP contribution is -2.51. The minimum Gasteiger partial charge on any atom is -0.314 e. The Kier molecular flexibility index (Phi) is 3.90. The van der Waals surface area contributed by atoms with Crippen LogP contribution in [0.3, 0.4) is 0 Å². The summed E-state index contributed by atoms with van der Waals surface area (Å²) in [5.41, 5.74) is 1.47. The minimum atomic E-state index is 0.563. The highest BCUT2D eigenvalue weighted by Gasteiger charge is 2.38. The van der Waals surface area contributed by atoms with Gasteiger partial charge in [-0.3, -0.25) is 4.90 Å². The second-order valence-electron chi connectivity index (χ2n) is 6.35. The quantitative estimate of drug-likeness (QED) is 0.877. The molecule has 4 atom stereocenters. The topological polar surface area (TPSA) is 15.3 Å². The van der Waals surface area contributed by atoms with Gasteiger partial charge in [-0.25, -0.2) is 0 Å². The zero-order valence-electron chi connectivity index (χ0n) is 12.2. The van der Waals surface area contributed by atoms with E-state index in [0.29, 0.717) is 6.04 Å². The minimum absolute atomic E-state index is 0.563. The summed E-state index contributed by atoms with van der Waals surface area (Å²) in [6.45, 7) is 8.31. The number of hydrogen-bond donors (Lipinski definition) is 1. The molecule has 1 aliphatic heterocycles. The molecule has 1 aromatic rings. The standard InChI is InChI=1S/C17H26N2/c1-13-8-9-16(14(13)2)19-11-10-18-12-17(19)15-6-4-3-5-7-15/h3-7,13-14,16-18H,8-12H2,1-2H3. The van der Waals surface area contributed by atoms with Crippen LogP contribution in [0.4, 0.5) is 0 Å². The van der Waals surface area contributed by atoms with Crippen molar-refractivity contribution in [3.05, 3.63) is 35.9 Å². The smallest absolute Gasteiger partial charge is 0.0476 e. The molecule has 2 heteroatoms. The molecule has 0 amide bonds. The Bertz CT molecular complexity index is 403. The summed E-state index contributed by atoms with van der Waals surface area (Å²) in [7, 11) is 0. The molecule has 2 aliphatic rings. The Morgan fingerprint density at radius 3 is 2.58 bits per heavy atom. The van der Waals surface area contributed by atoms with E-state index in [1.165, 1.54) is 24.9 Å². The van der Waals surface area contributed by atoms with Crippen LogP contribution in [-0.4, -0.2) is 30.6 Å². The van der Waals surface area contributed by atoms with Crippen LogP contribution in [0.1, 0.15) is 38.3 Å². The molecule has 3 rings (SSSR count). The number of benzene rings is 1. The molecule has 104 valence electrons. The Morgan fingerprint density at radius 1 is 1.11 bits per heavy atom. The molecule has 4 unspecified atom stereocenters. The van der Waals surface area contributed by atoms with Crippen LogP contribution < -0.4 is 5.32 Å².